The molecule has 3 N–H and O–H groups in total. The number of pyridine rings is 1. The van der Waals surface area contributed by atoms with Crippen LogP contribution >= 0.6 is 0 Å². The van der Waals surface area contributed by atoms with Crippen molar-refractivity contribution in [1.82, 2.24) is 10.3 Å². The number of nitrogen functional groups attached to an aromatic ring is 1. The molecule has 1 atom stereocenters. The number of amides is 1. The van der Waals surface area contributed by atoms with Crippen LogP contribution < -0.4 is 11.1 Å². The summed E-state index contributed by atoms with van der Waals surface area (Å²) in [5, 5.41) is 2.90. The Morgan fingerprint density at radius 3 is 2.65 bits per heavy atom. The fourth-order valence-corrected chi connectivity index (χ4v) is 1.99. The van der Waals surface area contributed by atoms with Gasteiger partial charge in [-0.15, -0.1) is 0 Å². The third-order valence-electron chi connectivity index (χ3n) is 3.28. The summed E-state index contributed by atoms with van der Waals surface area (Å²) in [7, 11) is 0. The van der Waals surface area contributed by atoms with Crippen molar-refractivity contribution in [3.8, 4) is 0 Å². The second-order valence-electron chi connectivity index (χ2n) is 4.83. The number of aromatic nitrogens is 1. The highest BCUT2D eigenvalue weighted by Crippen LogP contribution is 2.17. The molecule has 2 aromatic rings. The average molecular weight is 269 g/mol. The highest BCUT2D eigenvalue weighted by atomic mass is 16.1. The van der Waals surface area contributed by atoms with E-state index in [1.54, 1.807) is 12.1 Å². The van der Waals surface area contributed by atoms with E-state index in [-0.39, 0.29) is 5.91 Å². The maximum Gasteiger partial charge on any atom is 0.252 e. The molecule has 1 amide bonds. The molecule has 0 saturated heterocycles. The van der Waals surface area contributed by atoms with Gasteiger partial charge in [-0.2, -0.15) is 0 Å². The van der Waals surface area contributed by atoms with Crippen molar-refractivity contribution in [2.75, 3.05) is 12.3 Å². The Bertz CT molecular complexity index is 552. The number of rotatable bonds is 5. The summed E-state index contributed by atoms with van der Waals surface area (Å²) in [5.74, 6) is 0.720. The Kier molecular flexibility index (Phi) is 4.71. The predicted octanol–water partition coefficient (Wildman–Crippen LogP) is 2.59. The highest BCUT2D eigenvalue weighted by molar-refractivity contribution is 5.93. The third kappa shape index (κ3) is 3.82. The summed E-state index contributed by atoms with van der Waals surface area (Å²) in [6, 6.07) is 13.6. The monoisotopic (exact) mass is 269 g/mol. The van der Waals surface area contributed by atoms with Gasteiger partial charge in [-0.05, 0) is 30.0 Å². The van der Waals surface area contributed by atoms with Crippen molar-refractivity contribution in [2.45, 2.75) is 19.3 Å². The first kappa shape index (κ1) is 14.1. The summed E-state index contributed by atoms with van der Waals surface area (Å²) in [6.07, 6.45) is 2.39. The first-order valence-corrected chi connectivity index (χ1v) is 6.71. The molecule has 0 fully saturated rings. The minimum absolute atomic E-state index is 0.113. The van der Waals surface area contributed by atoms with E-state index >= 15 is 0 Å². The van der Waals surface area contributed by atoms with Gasteiger partial charge in [0.25, 0.3) is 5.91 Å². The van der Waals surface area contributed by atoms with E-state index in [0.717, 1.165) is 6.42 Å². The molecule has 0 bridgehead atoms. The average Bonchev–Trinajstić information content (AvgIpc) is 2.48. The molecular formula is C16H19N3O. The lowest BCUT2D eigenvalue weighted by atomic mass is 9.98. The number of benzene rings is 1. The molecule has 0 aliphatic rings. The first-order valence-electron chi connectivity index (χ1n) is 6.71. The normalized spacial score (nSPS) is 11.8. The molecule has 1 aromatic carbocycles. The predicted molar refractivity (Wildman–Crippen MR) is 80.5 cm³/mol. The molecule has 4 nitrogen and oxygen atoms in total. The molecule has 0 spiro atoms. The van der Waals surface area contributed by atoms with Gasteiger partial charge < -0.3 is 11.1 Å². The van der Waals surface area contributed by atoms with Crippen molar-refractivity contribution in [1.29, 1.82) is 0 Å². The van der Waals surface area contributed by atoms with E-state index in [1.807, 2.05) is 18.2 Å². The summed E-state index contributed by atoms with van der Waals surface area (Å²) in [5.41, 5.74) is 7.31. The van der Waals surface area contributed by atoms with Crippen molar-refractivity contribution < 1.29 is 4.79 Å². The molecule has 1 aromatic heterocycles. The Balaban J connectivity index is 1.81. The van der Waals surface area contributed by atoms with Crippen LogP contribution in [0, 0.1) is 0 Å². The minimum Gasteiger partial charge on any atom is -0.384 e. The van der Waals surface area contributed by atoms with Crippen LogP contribution in [0.3, 0.4) is 0 Å². The number of anilines is 1. The largest absolute Gasteiger partial charge is 0.384 e. The molecule has 0 aliphatic heterocycles. The van der Waals surface area contributed by atoms with Gasteiger partial charge in [0, 0.05) is 12.7 Å². The summed E-state index contributed by atoms with van der Waals surface area (Å²) in [6.45, 7) is 2.80. The SMILES string of the molecule is CC(CCNC(=O)c1ccc(N)nc1)c1ccccc1. The number of carbonyl (C=O) groups is 1. The summed E-state index contributed by atoms with van der Waals surface area (Å²) >= 11 is 0. The highest BCUT2D eigenvalue weighted by Gasteiger charge is 2.08. The maximum absolute atomic E-state index is 11.9. The Hall–Kier alpha value is -2.36. The lowest BCUT2D eigenvalue weighted by Crippen LogP contribution is -2.25. The molecule has 0 saturated carbocycles. The van der Waals surface area contributed by atoms with Gasteiger partial charge in [-0.1, -0.05) is 37.3 Å². The number of carbonyl (C=O) groups excluding carboxylic acids is 1. The van der Waals surface area contributed by atoms with Crippen LogP contribution in [-0.2, 0) is 0 Å². The standard InChI is InChI=1S/C16H19N3O/c1-12(13-5-3-2-4-6-13)9-10-18-16(20)14-7-8-15(17)19-11-14/h2-8,11-12H,9-10H2,1H3,(H2,17,19)(H,18,20). The minimum atomic E-state index is -0.113. The van der Waals surface area contributed by atoms with Crippen LogP contribution in [0.4, 0.5) is 5.82 Å². The van der Waals surface area contributed by atoms with Crippen LogP contribution in [0.5, 0.6) is 0 Å². The number of hydrogen-bond acceptors (Lipinski definition) is 3. The first-order chi connectivity index (χ1) is 9.66. The molecule has 20 heavy (non-hydrogen) atoms. The van der Waals surface area contributed by atoms with Crippen LogP contribution in [-0.4, -0.2) is 17.4 Å². The van der Waals surface area contributed by atoms with Crippen molar-refractivity contribution in [3.05, 3.63) is 59.8 Å². The number of hydrogen-bond donors (Lipinski definition) is 2. The lowest BCUT2D eigenvalue weighted by molar-refractivity contribution is 0.0952. The van der Waals surface area contributed by atoms with Gasteiger partial charge in [0.1, 0.15) is 5.82 Å². The molecule has 0 radical (unpaired) electrons. The smallest absolute Gasteiger partial charge is 0.252 e. The Morgan fingerprint density at radius 1 is 1.25 bits per heavy atom. The van der Waals surface area contributed by atoms with E-state index in [1.165, 1.54) is 11.8 Å². The van der Waals surface area contributed by atoms with Crippen LogP contribution in [0.25, 0.3) is 0 Å². The number of nitrogens with two attached hydrogens (primary N) is 1. The molecule has 1 heterocycles. The maximum atomic E-state index is 11.9. The zero-order valence-electron chi connectivity index (χ0n) is 11.5. The molecular weight excluding hydrogens is 250 g/mol. The van der Waals surface area contributed by atoms with Gasteiger partial charge in [-0.25, -0.2) is 4.98 Å². The van der Waals surface area contributed by atoms with Gasteiger partial charge in [0.05, 0.1) is 5.56 Å². The van der Waals surface area contributed by atoms with E-state index in [2.05, 4.69) is 29.4 Å². The molecule has 2 rings (SSSR count). The van der Waals surface area contributed by atoms with E-state index in [0.29, 0.717) is 23.8 Å². The van der Waals surface area contributed by atoms with Gasteiger partial charge in [0.2, 0.25) is 0 Å². The van der Waals surface area contributed by atoms with E-state index < -0.39 is 0 Å². The Morgan fingerprint density at radius 2 is 2.00 bits per heavy atom. The van der Waals surface area contributed by atoms with Crippen molar-refractivity contribution in [2.24, 2.45) is 0 Å². The van der Waals surface area contributed by atoms with E-state index in [4.69, 9.17) is 5.73 Å². The summed E-state index contributed by atoms with van der Waals surface area (Å²) < 4.78 is 0. The van der Waals surface area contributed by atoms with Crippen molar-refractivity contribution >= 4 is 11.7 Å². The summed E-state index contributed by atoms with van der Waals surface area (Å²) in [4.78, 5) is 15.8. The van der Waals surface area contributed by atoms with Crippen molar-refractivity contribution in [3.63, 3.8) is 0 Å². The fourth-order valence-electron chi connectivity index (χ4n) is 1.99. The third-order valence-corrected chi connectivity index (χ3v) is 3.28. The number of nitrogens with zero attached hydrogens (tertiary/aromatic N) is 1. The van der Waals surface area contributed by atoms with Crippen LogP contribution in [0.15, 0.2) is 48.7 Å². The topological polar surface area (TPSA) is 68.0 Å². The lowest BCUT2D eigenvalue weighted by Gasteiger charge is -2.12. The second kappa shape index (κ2) is 6.70. The van der Waals surface area contributed by atoms with Crippen LogP contribution in [0.1, 0.15) is 35.2 Å². The second-order valence-corrected chi connectivity index (χ2v) is 4.83. The molecule has 4 heteroatoms. The van der Waals surface area contributed by atoms with Gasteiger partial charge >= 0.3 is 0 Å². The molecule has 104 valence electrons. The number of nitrogens with one attached hydrogen (secondary N) is 1. The Labute approximate surface area is 119 Å². The zero-order valence-corrected chi connectivity index (χ0v) is 11.5. The van der Waals surface area contributed by atoms with Crippen LogP contribution in [0.2, 0.25) is 0 Å². The van der Waals surface area contributed by atoms with Gasteiger partial charge in [-0.3, -0.25) is 4.79 Å². The zero-order chi connectivity index (χ0) is 14.4. The fraction of sp³-hybridized carbons (Fsp3) is 0.250. The van der Waals surface area contributed by atoms with E-state index in [9.17, 15) is 4.79 Å². The quantitative estimate of drug-likeness (QED) is 0.876. The molecule has 0 aliphatic carbocycles. The molecule has 1 unspecified atom stereocenters. The van der Waals surface area contributed by atoms with Gasteiger partial charge in [0.15, 0.2) is 0 Å².